The van der Waals surface area contributed by atoms with Crippen molar-refractivity contribution in [3.63, 3.8) is 0 Å². The lowest BCUT2D eigenvalue weighted by Gasteiger charge is -2.13. The molecule has 0 atom stereocenters. The summed E-state index contributed by atoms with van der Waals surface area (Å²) in [5.74, 6) is 1.92. The third-order valence-electron chi connectivity index (χ3n) is 5.31. The Labute approximate surface area is 185 Å². The maximum absolute atomic E-state index is 5.74. The van der Waals surface area contributed by atoms with E-state index < -0.39 is 0 Å². The summed E-state index contributed by atoms with van der Waals surface area (Å²) in [5, 5.41) is 6.79. The van der Waals surface area contributed by atoms with Crippen LogP contribution in [0.25, 0.3) is 11.0 Å². The van der Waals surface area contributed by atoms with Crippen LogP contribution in [0.1, 0.15) is 30.7 Å². The highest BCUT2D eigenvalue weighted by Crippen LogP contribution is 2.15. The van der Waals surface area contributed by atoms with Crippen molar-refractivity contribution >= 4 is 17.0 Å². The Morgan fingerprint density at radius 1 is 0.935 bits per heavy atom. The minimum Gasteiger partial charge on any atom is -0.381 e. The fourth-order valence-corrected chi connectivity index (χ4v) is 3.62. The van der Waals surface area contributed by atoms with Crippen LogP contribution in [-0.2, 0) is 17.7 Å². The van der Waals surface area contributed by atoms with Crippen molar-refractivity contribution < 1.29 is 4.74 Å². The zero-order valence-electron chi connectivity index (χ0n) is 18.8. The molecular formula is C25H35N5O. The molecule has 0 aliphatic heterocycles. The molecule has 6 nitrogen and oxygen atoms in total. The summed E-state index contributed by atoms with van der Waals surface area (Å²) < 4.78 is 8.03. The Bertz CT molecular complexity index is 935. The molecule has 31 heavy (non-hydrogen) atoms. The van der Waals surface area contributed by atoms with E-state index in [-0.39, 0.29) is 0 Å². The van der Waals surface area contributed by atoms with Gasteiger partial charge >= 0.3 is 0 Å². The number of fused-ring (bicyclic) bond motifs is 1. The fourth-order valence-electron chi connectivity index (χ4n) is 3.62. The Morgan fingerprint density at radius 3 is 2.48 bits per heavy atom. The van der Waals surface area contributed by atoms with Gasteiger partial charge in [0.2, 0.25) is 0 Å². The number of hydrogen-bond acceptors (Lipinski definition) is 3. The molecule has 0 aliphatic rings. The smallest absolute Gasteiger partial charge is 0.190 e. The van der Waals surface area contributed by atoms with Gasteiger partial charge in [-0.05, 0) is 50.3 Å². The standard InChI is InChI=1S/C25H35N5O/c1-21-29-23-13-6-7-14-24(23)30(21)18-10-17-28-25(26-2)27-16-8-9-19-31-20-15-22-11-4-3-5-12-22/h3-7,11-14H,8-10,15-20H2,1-2H3,(H2,26,27,28). The van der Waals surface area contributed by atoms with Crippen LogP contribution in [0, 0.1) is 6.92 Å². The summed E-state index contributed by atoms with van der Waals surface area (Å²) in [4.78, 5) is 8.95. The van der Waals surface area contributed by atoms with E-state index in [2.05, 4.69) is 74.6 Å². The van der Waals surface area contributed by atoms with E-state index in [1.54, 1.807) is 0 Å². The number of hydrogen-bond donors (Lipinski definition) is 2. The van der Waals surface area contributed by atoms with Gasteiger partial charge in [-0.25, -0.2) is 4.98 Å². The van der Waals surface area contributed by atoms with Crippen LogP contribution < -0.4 is 10.6 Å². The molecule has 3 rings (SSSR count). The van der Waals surface area contributed by atoms with Gasteiger partial charge in [0.1, 0.15) is 5.82 Å². The molecular weight excluding hydrogens is 386 g/mol. The number of aryl methyl sites for hydroxylation is 2. The third-order valence-corrected chi connectivity index (χ3v) is 5.31. The number of imidazole rings is 1. The second-order valence-corrected chi connectivity index (χ2v) is 7.63. The number of guanidine groups is 1. The molecule has 2 N–H and O–H groups in total. The molecule has 0 aliphatic carbocycles. The van der Waals surface area contributed by atoms with E-state index in [0.29, 0.717) is 0 Å². The van der Waals surface area contributed by atoms with Crippen molar-refractivity contribution in [2.45, 2.75) is 39.2 Å². The summed E-state index contributed by atoms with van der Waals surface area (Å²) in [6.45, 7) is 6.36. The number of benzene rings is 2. The maximum Gasteiger partial charge on any atom is 0.190 e. The number of nitrogens with zero attached hydrogens (tertiary/aromatic N) is 3. The van der Waals surface area contributed by atoms with Crippen LogP contribution >= 0.6 is 0 Å². The van der Waals surface area contributed by atoms with E-state index in [1.165, 1.54) is 11.1 Å². The van der Waals surface area contributed by atoms with Crippen LogP contribution in [0.3, 0.4) is 0 Å². The van der Waals surface area contributed by atoms with Gasteiger partial charge in [-0.15, -0.1) is 0 Å². The Hall–Kier alpha value is -2.86. The number of nitrogens with one attached hydrogen (secondary N) is 2. The zero-order valence-corrected chi connectivity index (χ0v) is 18.8. The molecule has 0 saturated heterocycles. The summed E-state index contributed by atoms with van der Waals surface area (Å²) >= 11 is 0. The first-order chi connectivity index (χ1) is 15.3. The summed E-state index contributed by atoms with van der Waals surface area (Å²) in [6, 6.07) is 18.8. The van der Waals surface area contributed by atoms with E-state index in [0.717, 1.165) is 75.8 Å². The largest absolute Gasteiger partial charge is 0.381 e. The number of aliphatic imine (C=N–C) groups is 1. The van der Waals surface area contributed by atoms with Crippen molar-refractivity contribution in [2.75, 3.05) is 33.4 Å². The van der Waals surface area contributed by atoms with E-state index in [4.69, 9.17) is 4.74 Å². The lowest BCUT2D eigenvalue weighted by molar-refractivity contribution is 0.133. The topological polar surface area (TPSA) is 63.5 Å². The molecule has 0 radical (unpaired) electrons. The molecule has 0 amide bonds. The number of unbranched alkanes of at least 4 members (excludes halogenated alkanes) is 1. The second kappa shape index (κ2) is 12.7. The van der Waals surface area contributed by atoms with Crippen molar-refractivity contribution in [3.8, 4) is 0 Å². The molecule has 0 bridgehead atoms. The average Bonchev–Trinajstić information content (AvgIpc) is 3.12. The van der Waals surface area contributed by atoms with Crippen LogP contribution in [0.15, 0.2) is 59.6 Å². The molecule has 6 heteroatoms. The van der Waals surface area contributed by atoms with Gasteiger partial charge in [0, 0.05) is 33.3 Å². The third kappa shape index (κ3) is 7.40. The van der Waals surface area contributed by atoms with Crippen LogP contribution in [0.4, 0.5) is 0 Å². The molecule has 2 aromatic carbocycles. The molecule has 0 fully saturated rings. The molecule has 0 saturated carbocycles. The number of para-hydroxylation sites is 2. The Balaban J connectivity index is 1.23. The lowest BCUT2D eigenvalue weighted by Crippen LogP contribution is -2.38. The first-order valence-corrected chi connectivity index (χ1v) is 11.3. The number of rotatable bonds is 12. The van der Waals surface area contributed by atoms with Crippen molar-refractivity contribution in [1.29, 1.82) is 0 Å². The normalized spacial score (nSPS) is 11.7. The first-order valence-electron chi connectivity index (χ1n) is 11.3. The van der Waals surface area contributed by atoms with Gasteiger partial charge in [0.25, 0.3) is 0 Å². The molecule has 3 aromatic rings. The van der Waals surface area contributed by atoms with Gasteiger partial charge in [0.15, 0.2) is 5.96 Å². The summed E-state index contributed by atoms with van der Waals surface area (Å²) in [7, 11) is 1.82. The second-order valence-electron chi connectivity index (χ2n) is 7.63. The summed E-state index contributed by atoms with van der Waals surface area (Å²) in [5.41, 5.74) is 3.60. The highest BCUT2D eigenvalue weighted by Gasteiger charge is 2.06. The Kier molecular flexibility index (Phi) is 9.38. The highest BCUT2D eigenvalue weighted by molar-refractivity contribution is 5.79. The van der Waals surface area contributed by atoms with Crippen molar-refractivity contribution in [2.24, 2.45) is 4.99 Å². The first kappa shape index (κ1) is 22.8. The van der Waals surface area contributed by atoms with E-state index in [1.807, 2.05) is 19.2 Å². The van der Waals surface area contributed by atoms with Crippen molar-refractivity contribution in [3.05, 3.63) is 66.0 Å². The SMILES string of the molecule is CN=C(NCCCCOCCc1ccccc1)NCCCn1c(C)nc2ccccc21. The minimum absolute atomic E-state index is 0.784. The quantitative estimate of drug-likeness (QED) is 0.264. The maximum atomic E-state index is 5.74. The van der Waals surface area contributed by atoms with Gasteiger partial charge in [-0.2, -0.15) is 0 Å². The number of aromatic nitrogens is 2. The van der Waals surface area contributed by atoms with E-state index >= 15 is 0 Å². The van der Waals surface area contributed by atoms with Gasteiger partial charge in [-0.1, -0.05) is 42.5 Å². The van der Waals surface area contributed by atoms with E-state index in [9.17, 15) is 0 Å². The average molecular weight is 422 g/mol. The predicted molar refractivity (Wildman–Crippen MR) is 129 cm³/mol. The zero-order chi connectivity index (χ0) is 21.7. The lowest BCUT2D eigenvalue weighted by atomic mass is 10.2. The molecule has 0 spiro atoms. The fraction of sp³-hybridized carbons (Fsp3) is 0.440. The molecule has 1 heterocycles. The van der Waals surface area contributed by atoms with Gasteiger partial charge < -0.3 is 19.9 Å². The summed E-state index contributed by atoms with van der Waals surface area (Å²) in [6.07, 6.45) is 4.10. The molecule has 1 aromatic heterocycles. The predicted octanol–water partition coefficient (Wildman–Crippen LogP) is 3.94. The highest BCUT2D eigenvalue weighted by atomic mass is 16.5. The van der Waals surface area contributed by atoms with Crippen molar-refractivity contribution in [1.82, 2.24) is 20.2 Å². The van der Waals surface area contributed by atoms with Crippen LogP contribution in [-0.4, -0.2) is 48.9 Å². The van der Waals surface area contributed by atoms with Gasteiger partial charge in [0.05, 0.1) is 17.6 Å². The molecule has 166 valence electrons. The Morgan fingerprint density at radius 2 is 1.68 bits per heavy atom. The van der Waals surface area contributed by atoms with Crippen LogP contribution in [0.5, 0.6) is 0 Å². The monoisotopic (exact) mass is 421 g/mol. The van der Waals surface area contributed by atoms with Crippen LogP contribution in [0.2, 0.25) is 0 Å². The molecule has 0 unspecified atom stereocenters. The van der Waals surface area contributed by atoms with Gasteiger partial charge in [-0.3, -0.25) is 4.99 Å². The minimum atomic E-state index is 0.784. The number of ether oxygens (including phenoxy) is 1.